The van der Waals surface area contributed by atoms with Crippen LogP contribution < -0.4 is 10.1 Å². The molecule has 108 valence electrons. The van der Waals surface area contributed by atoms with Gasteiger partial charge in [0.1, 0.15) is 12.4 Å². The van der Waals surface area contributed by atoms with Crippen LogP contribution in [0.4, 0.5) is 0 Å². The first-order valence-corrected chi connectivity index (χ1v) is 6.78. The molecule has 19 heavy (non-hydrogen) atoms. The summed E-state index contributed by atoms with van der Waals surface area (Å²) >= 11 is 0. The molecule has 0 spiro atoms. The minimum absolute atomic E-state index is 0.376. The van der Waals surface area contributed by atoms with E-state index in [1.54, 1.807) is 7.11 Å². The molecule has 1 atom stereocenters. The summed E-state index contributed by atoms with van der Waals surface area (Å²) < 4.78 is 15.9. The predicted molar refractivity (Wildman–Crippen MR) is 76.7 cm³/mol. The van der Waals surface area contributed by atoms with Crippen LogP contribution in [0.25, 0.3) is 0 Å². The summed E-state index contributed by atoms with van der Waals surface area (Å²) in [6.45, 7) is 4.53. The Morgan fingerprint density at radius 2 is 1.95 bits per heavy atom. The topological polar surface area (TPSA) is 39.7 Å². The zero-order valence-electron chi connectivity index (χ0n) is 12.1. The first kappa shape index (κ1) is 16.0. The molecular weight excluding hydrogens is 242 g/mol. The maximum Gasteiger partial charge on any atom is 0.119 e. The van der Waals surface area contributed by atoms with Crippen LogP contribution in [0.3, 0.4) is 0 Å². The maximum atomic E-state index is 5.67. The van der Waals surface area contributed by atoms with Crippen molar-refractivity contribution in [2.45, 2.75) is 19.4 Å². The third-order valence-corrected chi connectivity index (χ3v) is 2.95. The first-order valence-electron chi connectivity index (χ1n) is 6.78. The van der Waals surface area contributed by atoms with Gasteiger partial charge in [0.25, 0.3) is 0 Å². The Morgan fingerprint density at radius 3 is 2.63 bits per heavy atom. The SMILES string of the molecule is CCC(NC)c1cccc(OCCOCCOC)c1. The molecule has 0 heterocycles. The van der Waals surface area contributed by atoms with Crippen molar-refractivity contribution in [1.82, 2.24) is 5.32 Å². The number of nitrogens with one attached hydrogen (secondary N) is 1. The van der Waals surface area contributed by atoms with Crippen molar-refractivity contribution in [2.24, 2.45) is 0 Å². The molecular formula is C15H25NO3. The number of hydrogen-bond acceptors (Lipinski definition) is 4. The van der Waals surface area contributed by atoms with E-state index in [9.17, 15) is 0 Å². The molecule has 1 aromatic rings. The summed E-state index contributed by atoms with van der Waals surface area (Å²) in [5.41, 5.74) is 1.25. The Kier molecular flexibility index (Phi) is 8.21. The highest BCUT2D eigenvalue weighted by molar-refractivity contribution is 5.30. The minimum atomic E-state index is 0.376. The van der Waals surface area contributed by atoms with Crippen LogP contribution in [0.5, 0.6) is 5.75 Å². The molecule has 1 N–H and O–H groups in total. The summed E-state index contributed by atoms with van der Waals surface area (Å²) in [5.74, 6) is 0.890. The van der Waals surface area contributed by atoms with Gasteiger partial charge in [0.15, 0.2) is 0 Å². The van der Waals surface area contributed by atoms with Crippen LogP contribution in [0.2, 0.25) is 0 Å². The number of rotatable bonds is 10. The second-order valence-corrected chi connectivity index (χ2v) is 4.28. The molecule has 1 unspecified atom stereocenters. The molecule has 0 aromatic heterocycles. The summed E-state index contributed by atoms with van der Waals surface area (Å²) in [5, 5.41) is 3.29. The van der Waals surface area contributed by atoms with Gasteiger partial charge in [0.05, 0.1) is 19.8 Å². The Morgan fingerprint density at radius 1 is 1.16 bits per heavy atom. The van der Waals surface area contributed by atoms with E-state index in [1.165, 1.54) is 5.56 Å². The number of hydrogen-bond donors (Lipinski definition) is 1. The van der Waals surface area contributed by atoms with Crippen LogP contribution in [0, 0.1) is 0 Å². The molecule has 4 heteroatoms. The molecule has 0 saturated heterocycles. The fourth-order valence-corrected chi connectivity index (χ4v) is 1.89. The van der Waals surface area contributed by atoms with Gasteiger partial charge in [-0.15, -0.1) is 0 Å². The van der Waals surface area contributed by atoms with E-state index in [-0.39, 0.29) is 0 Å². The van der Waals surface area contributed by atoms with Gasteiger partial charge in [-0.1, -0.05) is 19.1 Å². The summed E-state index contributed by atoms with van der Waals surface area (Å²) in [7, 11) is 3.64. The third kappa shape index (κ3) is 6.05. The van der Waals surface area contributed by atoms with Gasteiger partial charge in [0.2, 0.25) is 0 Å². The summed E-state index contributed by atoms with van der Waals surface area (Å²) in [6.07, 6.45) is 1.06. The normalized spacial score (nSPS) is 12.4. The quantitative estimate of drug-likeness (QED) is 0.661. The fourth-order valence-electron chi connectivity index (χ4n) is 1.89. The number of methoxy groups -OCH3 is 1. The molecule has 0 bridgehead atoms. The van der Waals surface area contributed by atoms with Crippen LogP contribution in [0.15, 0.2) is 24.3 Å². The second kappa shape index (κ2) is 9.78. The Bertz CT molecular complexity index is 340. The minimum Gasteiger partial charge on any atom is -0.491 e. The lowest BCUT2D eigenvalue weighted by Crippen LogP contribution is -2.15. The fraction of sp³-hybridized carbons (Fsp3) is 0.600. The van der Waals surface area contributed by atoms with Gasteiger partial charge in [-0.25, -0.2) is 0 Å². The molecule has 1 aromatic carbocycles. The molecule has 4 nitrogen and oxygen atoms in total. The van der Waals surface area contributed by atoms with Gasteiger partial charge in [-0.2, -0.15) is 0 Å². The Labute approximate surface area is 116 Å². The van der Waals surface area contributed by atoms with Crippen molar-refractivity contribution in [3.05, 3.63) is 29.8 Å². The smallest absolute Gasteiger partial charge is 0.119 e. The molecule has 0 fully saturated rings. The van der Waals surface area contributed by atoms with Crippen LogP contribution in [-0.4, -0.2) is 40.6 Å². The average molecular weight is 267 g/mol. The standard InChI is InChI=1S/C15H25NO3/c1-4-15(16-2)13-6-5-7-14(12-13)19-11-10-18-9-8-17-3/h5-7,12,15-16H,4,8-11H2,1-3H3. The van der Waals surface area contributed by atoms with E-state index in [4.69, 9.17) is 14.2 Å². The highest BCUT2D eigenvalue weighted by atomic mass is 16.5. The lowest BCUT2D eigenvalue weighted by atomic mass is 10.0. The number of benzene rings is 1. The van der Waals surface area contributed by atoms with Crippen LogP contribution in [-0.2, 0) is 9.47 Å². The van der Waals surface area contributed by atoms with E-state index in [0.717, 1.165) is 12.2 Å². The first-order chi connectivity index (χ1) is 9.31. The summed E-state index contributed by atoms with van der Waals surface area (Å²) in [4.78, 5) is 0. The molecule has 0 amide bonds. The summed E-state index contributed by atoms with van der Waals surface area (Å²) in [6, 6.07) is 8.57. The largest absolute Gasteiger partial charge is 0.491 e. The number of ether oxygens (including phenoxy) is 3. The van der Waals surface area contributed by atoms with Gasteiger partial charge in [0, 0.05) is 13.2 Å². The Balaban J connectivity index is 2.35. The molecule has 0 saturated carbocycles. The average Bonchev–Trinajstić information content (AvgIpc) is 2.45. The van der Waals surface area contributed by atoms with E-state index in [1.807, 2.05) is 19.2 Å². The van der Waals surface area contributed by atoms with Crippen molar-refractivity contribution in [1.29, 1.82) is 0 Å². The lowest BCUT2D eigenvalue weighted by Gasteiger charge is -2.15. The van der Waals surface area contributed by atoms with Crippen LogP contribution >= 0.6 is 0 Å². The van der Waals surface area contributed by atoms with Crippen LogP contribution in [0.1, 0.15) is 24.9 Å². The maximum absolute atomic E-state index is 5.67. The van der Waals surface area contributed by atoms with Crippen molar-refractivity contribution in [2.75, 3.05) is 40.6 Å². The highest BCUT2D eigenvalue weighted by Crippen LogP contribution is 2.21. The lowest BCUT2D eigenvalue weighted by molar-refractivity contribution is 0.0544. The van der Waals surface area contributed by atoms with Gasteiger partial charge in [-0.3, -0.25) is 0 Å². The zero-order chi connectivity index (χ0) is 13.9. The molecule has 0 radical (unpaired) electrons. The third-order valence-electron chi connectivity index (χ3n) is 2.95. The van der Waals surface area contributed by atoms with E-state index >= 15 is 0 Å². The van der Waals surface area contributed by atoms with Crippen molar-refractivity contribution in [3.8, 4) is 5.75 Å². The Hall–Kier alpha value is -1.10. The molecule has 0 aliphatic carbocycles. The van der Waals surface area contributed by atoms with E-state index in [2.05, 4.69) is 24.4 Å². The second-order valence-electron chi connectivity index (χ2n) is 4.28. The highest BCUT2D eigenvalue weighted by Gasteiger charge is 2.06. The van der Waals surface area contributed by atoms with Gasteiger partial charge in [-0.05, 0) is 31.2 Å². The van der Waals surface area contributed by atoms with E-state index in [0.29, 0.717) is 32.5 Å². The van der Waals surface area contributed by atoms with Crippen molar-refractivity contribution in [3.63, 3.8) is 0 Å². The molecule has 1 rings (SSSR count). The molecule has 0 aliphatic heterocycles. The predicted octanol–water partition coefficient (Wildman–Crippen LogP) is 2.40. The van der Waals surface area contributed by atoms with Crippen molar-refractivity contribution < 1.29 is 14.2 Å². The molecule has 0 aliphatic rings. The monoisotopic (exact) mass is 267 g/mol. The zero-order valence-corrected chi connectivity index (χ0v) is 12.1. The van der Waals surface area contributed by atoms with Gasteiger partial charge < -0.3 is 19.5 Å². The van der Waals surface area contributed by atoms with Crippen molar-refractivity contribution >= 4 is 0 Å². The van der Waals surface area contributed by atoms with E-state index < -0.39 is 0 Å². The van der Waals surface area contributed by atoms with Gasteiger partial charge >= 0.3 is 0 Å².